The third-order valence-corrected chi connectivity index (χ3v) is 4.75. The first-order valence-electron chi connectivity index (χ1n) is 5.54. The fourth-order valence-corrected chi connectivity index (χ4v) is 3.82. The van der Waals surface area contributed by atoms with Crippen LogP contribution in [-0.2, 0) is 19.4 Å². The zero-order valence-corrected chi connectivity index (χ0v) is 11.5. The summed E-state index contributed by atoms with van der Waals surface area (Å²) in [5.41, 5.74) is 0. The largest absolute Gasteiger partial charge is 0.383 e. The molecule has 1 saturated heterocycles. The van der Waals surface area contributed by atoms with Gasteiger partial charge in [-0.25, -0.2) is 8.42 Å². The lowest BCUT2D eigenvalue weighted by atomic mass is 10.1. The molecule has 1 aliphatic rings. The molecule has 1 amide bonds. The van der Waals surface area contributed by atoms with E-state index in [1.165, 1.54) is 0 Å². The Hall–Kier alpha value is -0.330. The third-order valence-electron chi connectivity index (χ3n) is 2.81. The minimum Gasteiger partial charge on any atom is -0.383 e. The Balaban J connectivity index is 2.58. The minimum atomic E-state index is -3.02. The number of halogens is 1. The highest BCUT2D eigenvalue weighted by Gasteiger charge is 2.35. The zero-order valence-electron chi connectivity index (χ0n) is 9.89. The summed E-state index contributed by atoms with van der Waals surface area (Å²) in [7, 11) is -1.46. The number of nitrogens with zero attached hydrogens (tertiary/aromatic N) is 1. The van der Waals surface area contributed by atoms with Crippen LogP contribution in [0, 0.1) is 5.92 Å². The maximum atomic E-state index is 12.1. The molecule has 0 aromatic carbocycles. The van der Waals surface area contributed by atoms with Gasteiger partial charge in [-0.15, -0.1) is 11.6 Å². The number of sulfone groups is 1. The van der Waals surface area contributed by atoms with Crippen LogP contribution in [-0.4, -0.2) is 63.4 Å². The van der Waals surface area contributed by atoms with Gasteiger partial charge >= 0.3 is 0 Å². The van der Waals surface area contributed by atoms with E-state index in [9.17, 15) is 13.2 Å². The number of alkyl halides is 1. The van der Waals surface area contributed by atoms with Crippen molar-refractivity contribution in [3.05, 3.63) is 0 Å². The van der Waals surface area contributed by atoms with E-state index in [1.54, 1.807) is 12.0 Å². The second-order valence-electron chi connectivity index (χ2n) is 4.11. The smallest absolute Gasteiger partial charge is 0.226 e. The Bertz CT molecular complexity index is 357. The molecule has 0 N–H and O–H groups in total. The molecule has 1 atom stereocenters. The van der Waals surface area contributed by atoms with Crippen molar-refractivity contribution in [2.75, 3.05) is 44.2 Å². The van der Waals surface area contributed by atoms with Gasteiger partial charge in [-0.3, -0.25) is 4.79 Å². The van der Waals surface area contributed by atoms with Crippen molar-refractivity contribution < 1.29 is 17.9 Å². The molecule has 1 unspecified atom stereocenters. The van der Waals surface area contributed by atoms with Crippen molar-refractivity contribution in [3.8, 4) is 0 Å². The number of hydrogen-bond acceptors (Lipinski definition) is 4. The molecule has 5 nitrogen and oxygen atoms in total. The standard InChI is InChI=1S/C10H18ClNO4S/c1-16-6-5-12(4-3-11)10(13)9-2-7-17(14,15)8-9/h9H,2-8H2,1H3. The minimum absolute atomic E-state index is 0.0302. The summed E-state index contributed by atoms with van der Waals surface area (Å²) in [6.07, 6.45) is 0.424. The van der Waals surface area contributed by atoms with Crippen LogP contribution in [0.5, 0.6) is 0 Å². The van der Waals surface area contributed by atoms with Crippen LogP contribution < -0.4 is 0 Å². The van der Waals surface area contributed by atoms with Crippen LogP contribution in [0.15, 0.2) is 0 Å². The lowest BCUT2D eigenvalue weighted by Gasteiger charge is -2.24. The van der Waals surface area contributed by atoms with E-state index < -0.39 is 15.8 Å². The number of carbonyl (C=O) groups excluding carboxylic acids is 1. The quantitative estimate of drug-likeness (QED) is 0.650. The predicted molar refractivity (Wildman–Crippen MR) is 65.9 cm³/mol. The first kappa shape index (κ1) is 14.7. The van der Waals surface area contributed by atoms with Gasteiger partial charge in [-0.05, 0) is 6.42 Å². The predicted octanol–water partition coefficient (Wildman–Crippen LogP) is 0.135. The number of amides is 1. The molecular formula is C10H18ClNO4S. The molecule has 1 fully saturated rings. The molecule has 0 aromatic heterocycles. The van der Waals surface area contributed by atoms with Gasteiger partial charge in [0.1, 0.15) is 0 Å². The lowest BCUT2D eigenvalue weighted by molar-refractivity contribution is -0.135. The Morgan fingerprint density at radius 2 is 2.18 bits per heavy atom. The third kappa shape index (κ3) is 4.44. The molecule has 0 aliphatic carbocycles. The molecule has 0 bridgehead atoms. The van der Waals surface area contributed by atoms with Gasteiger partial charge in [0, 0.05) is 26.1 Å². The molecule has 7 heteroatoms. The number of carbonyl (C=O) groups is 1. The van der Waals surface area contributed by atoms with E-state index in [0.717, 1.165) is 0 Å². The lowest BCUT2D eigenvalue weighted by Crippen LogP contribution is -2.40. The van der Waals surface area contributed by atoms with E-state index in [4.69, 9.17) is 16.3 Å². The van der Waals surface area contributed by atoms with E-state index in [1.807, 2.05) is 0 Å². The SMILES string of the molecule is COCCN(CCCl)C(=O)C1CCS(=O)(=O)C1. The Morgan fingerprint density at radius 1 is 1.47 bits per heavy atom. The van der Waals surface area contributed by atoms with E-state index >= 15 is 0 Å². The van der Waals surface area contributed by atoms with E-state index in [0.29, 0.717) is 32.0 Å². The van der Waals surface area contributed by atoms with Gasteiger partial charge in [0.05, 0.1) is 24.0 Å². The molecule has 0 radical (unpaired) electrons. The Morgan fingerprint density at radius 3 is 2.65 bits per heavy atom. The molecule has 17 heavy (non-hydrogen) atoms. The first-order valence-corrected chi connectivity index (χ1v) is 7.90. The summed E-state index contributed by atoms with van der Waals surface area (Å²) < 4.78 is 27.6. The fourth-order valence-electron chi connectivity index (χ4n) is 1.88. The van der Waals surface area contributed by atoms with Crippen LogP contribution in [0.4, 0.5) is 0 Å². The average Bonchev–Trinajstić information content (AvgIpc) is 2.64. The molecule has 100 valence electrons. The Labute approximate surface area is 107 Å². The summed E-state index contributed by atoms with van der Waals surface area (Å²) in [5, 5.41) is 0. The maximum absolute atomic E-state index is 12.1. The zero-order chi connectivity index (χ0) is 12.9. The van der Waals surface area contributed by atoms with E-state index in [-0.39, 0.29) is 17.4 Å². The van der Waals surface area contributed by atoms with Crippen molar-refractivity contribution in [3.63, 3.8) is 0 Å². The number of rotatable bonds is 6. The van der Waals surface area contributed by atoms with Crippen molar-refractivity contribution in [2.24, 2.45) is 5.92 Å². The molecule has 0 spiro atoms. The highest BCUT2D eigenvalue weighted by atomic mass is 35.5. The normalized spacial score (nSPS) is 22.6. The molecule has 0 saturated carbocycles. The summed E-state index contributed by atoms with van der Waals surface area (Å²) >= 11 is 5.63. The van der Waals surface area contributed by atoms with Crippen LogP contribution in [0.1, 0.15) is 6.42 Å². The average molecular weight is 284 g/mol. The summed E-state index contributed by atoms with van der Waals surface area (Å²) in [4.78, 5) is 13.7. The monoisotopic (exact) mass is 283 g/mol. The molecule has 0 aromatic rings. The van der Waals surface area contributed by atoms with Gasteiger partial charge in [0.25, 0.3) is 0 Å². The summed E-state index contributed by atoms with van der Waals surface area (Å²) in [6.45, 7) is 1.32. The van der Waals surface area contributed by atoms with Crippen molar-refractivity contribution >= 4 is 27.3 Å². The van der Waals surface area contributed by atoms with Gasteiger partial charge < -0.3 is 9.64 Å². The summed E-state index contributed by atoms with van der Waals surface area (Å²) in [5.74, 6) is -0.0987. The Kier molecular flexibility index (Phi) is 5.69. The first-order chi connectivity index (χ1) is 8.00. The van der Waals surface area contributed by atoms with Gasteiger partial charge in [-0.1, -0.05) is 0 Å². The molecule has 1 rings (SSSR count). The molecule has 1 heterocycles. The van der Waals surface area contributed by atoms with Crippen LogP contribution in [0.2, 0.25) is 0 Å². The highest BCUT2D eigenvalue weighted by molar-refractivity contribution is 7.91. The number of ether oxygens (including phenoxy) is 1. The van der Waals surface area contributed by atoms with Crippen LogP contribution in [0.3, 0.4) is 0 Å². The van der Waals surface area contributed by atoms with Crippen LogP contribution in [0.25, 0.3) is 0 Å². The topological polar surface area (TPSA) is 63.7 Å². The van der Waals surface area contributed by atoms with Gasteiger partial charge in [0.15, 0.2) is 9.84 Å². The molecule has 1 aliphatic heterocycles. The second kappa shape index (κ2) is 6.56. The van der Waals surface area contributed by atoms with Crippen molar-refractivity contribution in [2.45, 2.75) is 6.42 Å². The fraction of sp³-hybridized carbons (Fsp3) is 0.900. The summed E-state index contributed by atoms with van der Waals surface area (Å²) in [6, 6.07) is 0. The van der Waals surface area contributed by atoms with Crippen LogP contribution >= 0.6 is 11.6 Å². The van der Waals surface area contributed by atoms with Gasteiger partial charge in [0.2, 0.25) is 5.91 Å². The maximum Gasteiger partial charge on any atom is 0.226 e. The second-order valence-corrected chi connectivity index (χ2v) is 6.71. The van der Waals surface area contributed by atoms with Crippen molar-refractivity contribution in [1.29, 1.82) is 0 Å². The highest BCUT2D eigenvalue weighted by Crippen LogP contribution is 2.20. The number of hydrogen-bond donors (Lipinski definition) is 0. The van der Waals surface area contributed by atoms with E-state index in [2.05, 4.69) is 0 Å². The van der Waals surface area contributed by atoms with Gasteiger partial charge in [-0.2, -0.15) is 0 Å². The number of methoxy groups -OCH3 is 1. The molecular weight excluding hydrogens is 266 g/mol. The van der Waals surface area contributed by atoms with Crippen molar-refractivity contribution in [1.82, 2.24) is 4.90 Å².